The van der Waals surface area contributed by atoms with Gasteiger partial charge in [-0.05, 0) is 67.8 Å². The number of methoxy groups -OCH3 is 1. The normalized spacial score (nSPS) is 11.3. The molecule has 0 aliphatic carbocycles. The van der Waals surface area contributed by atoms with Gasteiger partial charge in [0.25, 0.3) is 0 Å². The molecule has 0 saturated carbocycles. The fourth-order valence-corrected chi connectivity index (χ4v) is 4.06. The molecule has 0 aliphatic heterocycles. The Hall–Kier alpha value is -4.20. The quantitative estimate of drug-likeness (QED) is 0.272. The Morgan fingerprint density at radius 3 is 2.69 bits per heavy atom. The number of ether oxygens (including phenoxy) is 1. The highest BCUT2D eigenvalue weighted by atomic mass is 16.5. The molecule has 8 heteroatoms. The number of aromatic amines is 2. The van der Waals surface area contributed by atoms with Crippen molar-refractivity contribution in [1.29, 1.82) is 0 Å². The van der Waals surface area contributed by atoms with Crippen molar-refractivity contribution < 1.29 is 4.74 Å². The van der Waals surface area contributed by atoms with E-state index in [1.807, 2.05) is 43.5 Å². The maximum absolute atomic E-state index is 6.44. The van der Waals surface area contributed by atoms with Crippen LogP contribution in [-0.2, 0) is 12.8 Å². The number of rotatable bonds is 6. The predicted octanol–water partition coefficient (Wildman–Crippen LogP) is 4.45. The minimum absolute atomic E-state index is 0.191. The van der Waals surface area contributed by atoms with Gasteiger partial charge in [-0.3, -0.25) is 0 Å². The van der Waals surface area contributed by atoms with Crippen LogP contribution in [-0.4, -0.2) is 27.0 Å². The Bertz CT molecular complexity index is 1430. The first-order valence-corrected chi connectivity index (χ1v) is 10.4. The second kappa shape index (κ2) is 7.81. The molecule has 0 unspecified atom stereocenters. The van der Waals surface area contributed by atoms with Gasteiger partial charge < -0.3 is 31.5 Å². The van der Waals surface area contributed by atoms with Crippen molar-refractivity contribution in [2.75, 3.05) is 23.9 Å². The van der Waals surface area contributed by atoms with E-state index in [0.29, 0.717) is 17.9 Å². The number of aryl methyl sites for hydroxylation is 3. The molecule has 0 radical (unpaired) electrons. The molecule has 32 heavy (non-hydrogen) atoms. The molecule has 3 aromatic heterocycles. The molecule has 8 nitrogen and oxygen atoms in total. The van der Waals surface area contributed by atoms with Gasteiger partial charge >= 0.3 is 0 Å². The molecule has 0 spiro atoms. The number of nitrogens with two attached hydrogens (primary N) is 2. The van der Waals surface area contributed by atoms with Crippen molar-refractivity contribution in [3.8, 4) is 5.75 Å². The molecule has 0 atom stereocenters. The minimum atomic E-state index is 0.191. The van der Waals surface area contributed by atoms with E-state index in [9.17, 15) is 0 Å². The summed E-state index contributed by atoms with van der Waals surface area (Å²) in [5.41, 5.74) is 19.0. The highest BCUT2D eigenvalue weighted by Gasteiger charge is 2.13. The van der Waals surface area contributed by atoms with E-state index in [1.165, 1.54) is 5.56 Å². The summed E-state index contributed by atoms with van der Waals surface area (Å²) in [6.07, 6.45) is 3.40. The number of hydrogen-bond acceptors (Lipinski definition) is 6. The molecule has 3 heterocycles. The molecular weight excluding hydrogens is 402 g/mol. The predicted molar refractivity (Wildman–Crippen MR) is 129 cm³/mol. The van der Waals surface area contributed by atoms with Gasteiger partial charge in [-0.1, -0.05) is 0 Å². The molecule has 0 saturated heterocycles. The van der Waals surface area contributed by atoms with Crippen molar-refractivity contribution >= 4 is 44.9 Å². The zero-order chi connectivity index (χ0) is 22.2. The average Bonchev–Trinajstić information content (AvgIpc) is 3.36. The van der Waals surface area contributed by atoms with Gasteiger partial charge in [0.2, 0.25) is 5.95 Å². The van der Waals surface area contributed by atoms with Crippen LogP contribution in [0.5, 0.6) is 5.75 Å². The Kier molecular flexibility index (Phi) is 4.82. The molecule has 0 bridgehead atoms. The fourth-order valence-electron chi connectivity index (χ4n) is 4.06. The second-order valence-corrected chi connectivity index (χ2v) is 7.90. The lowest BCUT2D eigenvalue weighted by Crippen LogP contribution is -2.09. The molecule has 5 aromatic rings. The molecule has 0 amide bonds. The fraction of sp³-hybridized carbons (Fsp3) is 0.167. The van der Waals surface area contributed by atoms with Crippen LogP contribution < -0.4 is 21.5 Å². The van der Waals surface area contributed by atoms with Gasteiger partial charge in [-0.2, -0.15) is 4.98 Å². The number of fused-ring (bicyclic) bond motifs is 2. The number of nitrogens with one attached hydrogen (secondary N) is 3. The van der Waals surface area contributed by atoms with Crippen LogP contribution in [0.25, 0.3) is 21.8 Å². The molecular formula is C24H25N7O. The zero-order valence-corrected chi connectivity index (χ0v) is 18.0. The third-order valence-corrected chi connectivity index (χ3v) is 5.67. The van der Waals surface area contributed by atoms with Gasteiger partial charge in [0.1, 0.15) is 5.75 Å². The van der Waals surface area contributed by atoms with Crippen LogP contribution >= 0.6 is 0 Å². The Balaban J connectivity index is 1.40. The lowest BCUT2D eigenvalue weighted by Gasteiger charge is -2.13. The SMILES string of the molecule is COc1ccc2[nH]cc(CCc3nc(N)nc(Nc4ccc5[nH]c(C)cc5c4)c3N)c2c1. The summed E-state index contributed by atoms with van der Waals surface area (Å²) in [6.45, 7) is 2.03. The summed E-state index contributed by atoms with van der Waals surface area (Å²) < 4.78 is 5.36. The van der Waals surface area contributed by atoms with Crippen molar-refractivity contribution in [2.45, 2.75) is 19.8 Å². The third-order valence-electron chi connectivity index (χ3n) is 5.67. The Morgan fingerprint density at radius 2 is 1.84 bits per heavy atom. The lowest BCUT2D eigenvalue weighted by molar-refractivity contribution is 0.415. The topological polar surface area (TPSA) is 131 Å². The monoisotopic (exact) mass is 427 g/mol. The number of aromatic nitrogens is 4. The molecule has 2 aromatic carbocycles. The van der Waals surface area contributed by atoms with Gasteiger partial charge in [-0.15, -0.1) is 0 Å². The van der Waals surface area contributed by atoms with Gasteiger partial charge in [-0.25, -0.2) is 4.98 Å². The highest BCUT2D eigenvalue weighted by Crippen LogP contribution is 2.29. The first-order valence-electron chi connectivity index (χ1n) is 10.4. The average molecular weight is 428 g/mol. The Labute approximate surface area is 185 Å². The smallest absolute Gasteiger partial charge is 0.222 e. The van der Waals surface area contributed by atoms with E-state index in [1.54, 1.807) is 7.11 Å². The molecule has 7 N–H and O–H groups in total. The van der Waals surface area contributed by atoms with Crippen LogP contribution in [0.15, 0.2) is 48.7 Å². The maximum atomic E-state index is 6.44. The molecule has 0 aliphatic rings. The zero-order valence-electron chi connectivity index (χ0n) is 18.0. The van der Waals surface area contributed by atoms with Crippen molar-refractivity contribution in [2.24, 2.45) is 0 Å². The summed E-state index contributed by atoms with van der Waals surface area (Å²) in [4.78, 5) is 15.4. The van der Waals surface area contributed by atoms with Crippen LogP contribution in [0, 0.1) is 6.92 Å². The third kappa shape index (κ3) is 3.66. The van der Waals surface area contributed by atoms with E-state index in [4.69, 9.17) is 16.2 Å². The number of nitrogens with zero attached hydrogens (tertiary/aromatic N) is 2. The Morgan fingerprint density at radius 1 is 1.00 bits per heavy atom. The summed E-state index contributed by atoms with van der Waals surface area (Å²) in [5, 5.41) is 5.54. The van der Waals surface area contributed by atoms with Crippen LogP contribution in [0.4, 0.5) is 23.1 Å². The first-order chi connectivity index (χ1) is 15.5. The van der Waals surface area contributed by atoms with Crippen LogP contribution in [0.1, 0.15) is 17.0 Å². The second-order valence-electron chi connectivity index (χ2n) is 7.90. The number of anilines is 4. The van der Waals surface area contributed by atoms with E-state index in [0.717, 1.165) is 51.1 Å². The van der Waals surface area contributed by atoms with Crippen molar-refractivity contribution in [3.63, 3.8) is 0 Å². The van der Waals surface area contributed by atoms with Crippen LogP contribution in [0.2, 0.25) is 0 Å². The van der Waals surface area contributed by atoms with E-state index in [-0.39, 0.29) is 5.95 Å². The summed E-state index contributed by atoms with van der Waals surface area (Å²) >= 11 is 0. The van der Waals surface area contributed by atoms with Crippen LogP contribution in [0.3, 0.4) is 0 Å². The van der Waals surface area contributed by atoms with E-state index < -0.39 is 0 Å². The molecule has 0 fully saturated rings. The van der Waals surface area contributed by atoms with Crippen molar-refractivity contribution in [1.82, 2.24) is 19.9 Å². The molecule has 5 rings (SSSR count). The number of H-pyrrole nitrogens is 2. The van der Waals surface area contributed by atoms with Gasteiger partial charge in [0.15, 0.2) is 5.82 Å². The number of nitrogen functional groups attached to an aromatic ring is 2. The van der Waals surface area contributed by atoms with Gasteiger partial charge in [0.05, 0.1) is 18.5 Å². The highest BCUT2D eigenvalue weighted by molar-refractivity contribution is 5.86. The lowest BCUT2D eigenvalue weighted by atomic mass is 10.1. The van der Waals surface area contributed by atoms with Gasteiger partial charge in [0, 0.05) is 39.4 Å². The summed E-state index contributed by atoms with van der Waals surface area (Å²) in [6, 6.07) is 14.1. The van der Waals surface area contributed by atoms with E-state index in [2.05, 4.69) is 37.4 Å². The summed E-state index contributed by atoms with van der Waals surface area (Å²) in [7, 11) is 1.67. The maximum Gasteiger partial charge on any atom is 0.222 e. The number of hydrogen-bond donors (Lipinski definition) is 5. The summed E-state index contributed by atoms with van der Waals surface area (Å²) in [5.74, 6) is 1.53. The standard InChI is InChI=1S/C24H25N7O/c1-13-9-15-10-16(4-7-19(15)28-13)29-23-22(25)21(30-24(26)31-23)6-3-14-12-27-20-8-5-17(32-2)11-18(14)20/h4-5,7-12,27-28H,3,6,25H2,1-2H3,(H3,26,29,30,31). The molecule has 162 valence electrons. The van der Waals surface area contributed by atoms with E-state index >= 15 is 0 Å². The van der Waals surface area contributed by atoms with Crippen molar-refractivity contribution in [3.05, 3.63) is 65.6 Å². The first kappa shape index (κ1) is 19.7. The minimum Gasteiger partial charge on any atom is -0.497 e. The number of benzene rings is 2. The largest absolute Gasteiger partial charge is 0.497 e.